The van der Waals surface area contributed by atoms with Crippen LogP contribution in [-0.4, -0.2) is 17.6 Å². The topological polar surface area (TPSA) is 63.3 Å². The van der Waals surface area contributed by atoms with Crippen molar-refractivity contribution in [1.82, 2.24) is 0 Å². The number of aliphatic hydroxyl groups excluding tert-OH is 1. The molecule has 1 amide bonds. The molecule has 0 saturated heterocycles. The molecule has 0 saturated carbocycles. The van der Waals surface area contributed by atoms with Gasteiger partial charge in [0.05, 0.1) is 6.61 Å². The van der Waals surface area contributed by atoms with E-state index in [1.807, 2.05) is 13.8 Å². The van der Waals surface area contributed by atoms with E-state index in [-0.39, 0.29) is 12.0 Å². The number of hydrogen-bond donors (Lipinski definition) is 2. The van der Waals surface area contributed by atoms with Crippen LogP contribution in [0, 0.1) is 5.41 Å². The molecule has 0 atom stereocenters. The SMILES string of the molecule is CC(C)(/C=C/C(N)=O)CO. The summed E-state index contributed by atoms with van der Waals surface area (Å²) in [5.74, 6) is -0.485. The van der Waals surface area contributed by atoms with E-state index in [1.165, 1.54) is 6.08 Å². The van der Waals surface area contributed by atoms with E-state index < -0.39 is 5.91 Å². The third-order valence-corrected chi connectivity index (χ3v) is 1.11. The molecule has 0 aromatic rings. The molecule has 0 unspecified atom stereocenters. The fourth-order valence-electron chi connectivity index (χ4n) is 0.360. The van der Waals surface area contributed by atoms with Gasteiger partial charge in [-0.25, -0.2) is 0 Å². The summed E-state index contributed by atoms with van der Waals surface area (Å²) in [4.78, 5) is 10.2. The van der Waals surface area contributed by atoms with Gasteiger partial charge in [0.15, 0.2) is 0 Å². The van der Waals surface area contributed by atoms with Crippen LogP contribution in [0.3, 0.4) is 0 Å². The molecule has 3 heteroatoms. The molecular weight excluding hydrogens is 130 g/mol. The molecule has 10 heavy (non-hydrogen) atoms. The largest absolute Gasteiger partial charge is 0.395 e. The molecular formula is C7H13NO2. The summed E-state index contributed by atoms with van der Waals surface area (Å²) in [6.07, 6.45) is 2.85. The van der Waals surface area contributed by atoms with Crippen LogP contribution in [0.15, 0.2) is 12.2 Å². The molecule has 0 fully saturated rings. The lowest BCUT2D eigenvalue weighted by Crippen LogP contribution is -2.15. The number of carbonyl (C=O) groups is 1. The second-order valence-corrected chi connectivity index (χ2v) is 2.88. The molecule has 0 aliphatic carbocycles. The van der Waals surface area contributed by atoms with Crippen LogP contribution >= 0.6 is 0 Å². The highest BCUT2D eigenvalue weighted by molar-refractivity contribution is 5.85. The van der Waals surface area contributed by atoms with Crippen molar-refractivity contribution in [1.29, 1.82) is 0 Å². The molecule has 0 aliphatic heterocycles. The molecule has 0 aliphatic rings. The van der Waals surface area contributed by atoms with Crippen molar-refractivity contribution in [3.05, 3.63) is 12.2 Å². The van der Waals surface area contributed by atoms with Crippen molar-refractivity contribution in [2.24, 2.45) is 11.1 Å². The Morgan fingerprint density at radius 1 is 1.70 bits per heavy atom. The highest BCUT2D eigenvalue weighted by Crippen LogP contribution is 2.14. The van der Waals surface area contributed by atoms with Crippen LogP contribution in [-0.2, 0) is 4.79 Å². The lowest BCUT2D eigenvalue weighted by atomic mass is 9.94. The van der Waals surface area contributed by atoms with Gasteiger partial charge >= 0.3 is 0 Å². The second-order valence-electron chi connectivity index (χ2n) is 2.88. The fraction of sp³-hybridized carbons (Fsp3) is 0.571. The fourth-order valence-corrected chi connectivity index (χ4v) is 0.360. The molecule has 0 radical (unpaired) electrons. The summed E-state index contributed by atoms with van der Waals surface area (Å²) in [6, 6.07) is 0. The maximum absolute atomic E-state index is 10.2. The van der Waals surface area contributed by atoms with Gasteiger partial charge < -0.3 is 10.8 Å². The Kier molecular flexibility index (Phi) is 3.09. The van der Waals surface area contributed by atoms with Gasteiger partial charge in [-0.3, -0.25) is 4.79 Å². The van der Waals surface area contributed by atoms with Crippen molar-refractivity contribution in [2.75, 3.05) is 6.61 Å². The van der Waals surface area contributed by atoms with Gasteiger partial charge in [0.25, 0.3) is 0 Å². The van der Waals surface area contributed by atoms with Crippen molar-refractivity contribution >= 4 is 5.91 Å². The maximum atomic E-state index is 10.2. The Labute approximate surface area is 60.5 Å². The zero-order valence-electron chi connectivity index (χ0n) is 6.29. The quantitative estimate of drug-likeness (QED) is 0.548. The number of hydrogen-bond acceptors (Lipinski definition) is 2. The van der Waals surface area contributed by atoms with Gasteiger partial charge in [-0.1, -0.05) is 19.9 Å². The molecule has 0 aromatic heterocycles. The average molecular weight is 143 g/mol. The van der Waals surface area contributed by atoms with E-state index in [9.17, 15) is 4.79 Å². The molecule has 0 heterocycles. The van der Waals surface area contributed by atoms with Crippen LogP contribution in [0.5, 0.6) is 0 Å². The summed E-state index contributed by atoms with van der Waals surface area (Å²) in [7, 11) is 0. The Balaban J connectivity index is 3.99. The van der Waals surface area contributed by atoms with E-state index in [2.05, 4.69) is 0 Å². The van der Waals surface area contributed by atoms with Gasteiger partial charge in [0.2, 0.25) is 5.91 Å². The normalized spacial score (nSPS) is 12.3. The summed E-state index contributed by atoms with van der Waals surface area (Å²) in [5.41, 5.74) is 4.49. The lowest BCUT2D eigenvalue weighted by molar-refractivity contribution is -0.113. The van der Waals surface area contributed by atoms with Crippen molar-refractivity contribution in [2.45, 2.75) is 13.8 Å². The molecule has 58 valence electrons. The third kappa shape index (κ3) is 4.09. The molecule has 0 aromatic carbocycles. The highest BCUT2D eigenvalue weighted by Gasteiger charge is 2.10. The van der Waals surface area contributed by atoms with E-state index in [1.54, 1.807) is 6.08 Å². The summed E-state index contributed by atoms with van der Waals surface area (Å²) < 4.78 is 0. The molecule has 0 rings (SSSR count). The molecule has 3 nitrogen and oxygen atoms in total. The van der Waals surface area contributed by atoms with Crippen LogP contribution < -0.4 is 5.73 Å². The number of primary amides is 1. The van der Waals surface area contributed by atoms with E-state index >= 15 is 0 Å². The zero-order valence-corrected chi connectivity index (χ0v) is 6.29. The molecule has 0 bridgehead atoms. The first-order chi connectivity index (χ1) is 4.48. The van der Waals surface area contributed by atoms with Gasteiger partial charge in [-0.15, -0.1) is 0 Å². The van der Waals surface area contributed by atoms with Gasteiger partial charge in [-0.2, -0.15) is 0 Å². The number of nitrogens with two attached hydrogens (primary N) is 1. The standard InChI is InChI=1S/C7H13NO2/c1-7(2,5-9)4-3-6(8)10/h3-4,9H,5H2,1-2H3,(H2,8,10)/b4-3+. The Hall–Kier alpha value is -0.830. The van der Waals surface area contributed by atoms with E-state index in [0.29, 0.717) is 0 Å². The third-order valence-electron chi connectivity index (χ3n) is 1.11. The first-order valence-electron chi connectivity index (χ1n) is 3.07. The number of amides is 1. The van der Waals surface area contributed by atoms with Gasteiger partial charge in [0, 0.05) is 5.41 Å². The number of aliphatic hydroxyl groups is 1. The monoisotopic (exact) mass is 143 g/mol. The van der Waals surface area contributed by atoms with Crippen LogP contribution in [0.1, 0.15) is 13.8 Å². The van der Waals surface area contributed by atoms with Gasteiger partial charge in [-0.05, 0) is 6.08 Å². The predicted molar refractivity (Wildman–Crippen MR) is 39.2 cm³/mol. The lowest BCUT2D eigenvalue weighted by Gasteiger charge is -2.14. The predicted octanol–water partition coefficient (Wildman–Crippen LogP) is 0.0464. The van der Waals surface area contributed by atoms with Crippen molar-refractivity contribution in [3.8, 4) is 0 Å². The minimum Gasteiger partial charge on any atom is -0.395 e. The molecule has 0 spiro atoms. The van der Waals surface area contributed by atoms with E-state index in [0.717, 1.165) is 0 Å². The second kappa shape index (κ2) is 3.37. The minimum absolute atomic E-state index is 0.0107. The van der Waals surface area contributed by atoms with Crippen molar-refractivity contribution < 1.29 is 9.90 Å². The first-order valence-corrected chi connectivity index (χ1v) is 3.07. The van der Waals surface area contributed by atoms with E-state index in [4.69, 9.17) is 10.8 Å². The zero-order chi connectivity index (χ0) is 8.20. The Morgan fingerprint density at radius 2 is 2.20 bits per heavy atom. The van der Waals surface area contributed by atoms with Gasteiger partial charge in [0.1, 0.15) is 0 Å². The van der Waals surface area contributed by atoms with Crippen molar-refractivity contribution in [3.63, 3.8) is 0 Å². The highest BCUT2D eigenvalue weighted by atomic mass is 16.3. The van der Waals surface area contributed by atoms with Crippen LogP contribution in [0.25, 0.3) is 0 Å². The average Bonchev–Trinajstić information content (AvgIpc) is 1.85. The van der Waals surface area contributed by atoms with Crippen LogP contribution in [0.4, 0.5) is 0 Å². The van der Waals surface area contributed by atoms with Crippen LogP contribution in [0.2, 0.25) is 0 Å². The summed E-state index contributed by atoms with van der Waals surface area (Å²) in [5, 5.41) is 8.70. The minimum atomic E-state index is -0.485. The number of carbonyl (C=O) groups excluding carboxylic acids is 1. The first kappa shape index (κ1) is 9.17. The Morgan fingerprint density at radius 3 is 2.50 bits per heavy atom. The summed E-state index contributed by atoms with van der Waals surface area (Å²) >= 11 is 0. The summed E-state index contributed by atoms with van der Waals surface area (Å²) in [6.45, 7) is 3.63. The maximum Gasteiger partial charge on any atom is 0.241 e. The smallest absolute Gasteiger partial charge is 0.241 e. The Bertz CT molecular complexity index is 150. The number of rotatable bonds is 3. The molecule has 3 N–H and O–H groups in total.